The molecule has 7 heteroatoms. The molecule has 19 heavy (non-hydrogen) atoms. The number of carboxylic acid groups (broad SMARTS) is 1. The fourth-order valence-electron chi connectivity index (χ4n) is 2.26. The third-order valence-electron chi connectivity index (χ3n) is 3.09. The van der Waals surface area contributed by atoms with Crippen LogP contribution in [0.25, 0.3) is 0 Å². The third kappa shape index (κ3) is 2.75. The van der Waals surface area contributed by atoms with Gasteiger partial charge >= 0.3 is 5.97 Å². The lowest BCUT2D eigenvalue weighted by molar-refractivity contribution is -0.119. The summed E-state index contributed by atoms with van der Waals surface area (Å²) in [6.45, 7) is 2.74. The van der Waals surface area contributed by atoms with E-state index in [2.05, 4.69) is 10.3 Å². The van der Waals surface area contributed by atoms with Crippen molar-refractivity contribution in [3.05, 3.63) is 17.8 Å². The zero-order valence-electron chi connectivity index (χ0n) is 10.6. The van der Waals surface area contributed by atoms with Crippen molar-refractivity contribution in [1.82, 2.24) is 10.3 Å². The molecule has 1 amide bonds. The van der Waals surface area contributed by atoms with Crippen LogP contribution < -0.4 is 16.0 Å². The highest BCUT2D eigenvalue weighted by molar-refractivity contribution is 5.96. The van der Waals surface area contributed by atoms with E-state index in [0.29, 0.717) is 18.9 Å². The van der Waals surface area contributed by atoms with Crippen molar-refractivity contribution < 1.29 is 14.7 Å². The molecule has 1 saturated heterocycles. The number of nitrogen functional groups attached to an aromatic ring is 1. The van der Waals surface area contributed by atoms with Gasteiger partial charge in [-0.15, -0.1) is 0 Å². The minimum Gasteiger partial charge on any atom is -0.478 e. The average Bonchev–Trinajstić information content (AvgIpc) is 2.76. The molecule has 0 aromatic carbocycles. The van der Waals surface area contributed by atoms with Crippen LogP contribution in [0.2, 0.25) is 0 Å². The van der Waals surface area contributed by atoms with E-state index in [4.69, 9.17) is 10.8 Å². The molecular weight excluding hydrogens is 248 g/mol. The monoisotopic (exact) mass is 264 g/mol. The maximum Gasteiger partial charge on any atom is 0.337 e. The van der Waals surface area contributed by atoms with Crippen molar-refractivity contribution in [3.8, 4) is 0 Å². The molecule has 1 aromatic heterocycles. The summed E-state index contributed by atoms with van der Waals surface area (Å²) in [6, 6.07) is 1.43. The van der Waals surface area contributed by atoms with Crippen LogP contribution in [0.15, 0.2) is 12.3 Å². The van der Waals surface area contributed by atoms with Gasteiger partial charge in [0.15, 0.2) is 5.82 Å². The lowest BCUT2D eigenvalue weighted by atomic mass is 10.2. The number of hydrogen-bond donors (Lipinski definition) is 3. The van der Waals surface area contributed by atoms with Crippen molar-refractivity contribution >= 4 is 23.4 Å². The molecule has 1 aliphatic rings. The van der Waals surface area contributed by atoms with E-state index in [1.54, 1.807) is 0 Å². The van der Waals surface area contributed by atoms with Crippen LogP contribution in [0.1, 0.15) is 23.7 Å². The number of pyridine rings is 1. The van der Waals surface area contributed by atoms with Gasteiger partial charge in [0.1, 0.15) is 0 Å². The molecule has 1 atom stereocenters. The summed E-state index contributed by atoms with van der Waals surface area (Å²) in [7, 11) is 0. The van der Waals surface area contributed by atoms with Crippen molar-refractivity contribution in [3.63, 3.8) is 0 Å². The number of aromatic carboxylic acids is 1. The number of carbonyl (C=O) groups excluding carboxylic acids is 1. The first-order valence-corrected chi connectivity index (χ1v) is 5.99. The summed E-state index contributed by atoms with van der Waals surface area (Å²) < 4.78 is 0. The Labute approximate surface area is 110 Å². The second kappa shape index (κ2) is 5.13. The van der Waals surface area contributed by atoms with Gasteiger partial charge in [0.25, 0.3) is 0 Å². The minimum atomic E-state index is -1.07. The number of anilines is 2. The molecule has 0 saturated carbocycles. The lowest BCUT2D eigenvalue weighted by Gasteiger charge is -2.20. The highest BCUT2D eigenvalue weighted by atomic mass is 16.4. The van der Waals surface area contributed by atoms with Crippen LogP contribution in [0.3, 0.4) is 0 Å². The summed E-state index contributed by atoms with van der Waals surface area (Å²) in [5.74, 6) is -0.682. The molecule has 1 unspecified atom stereocenters. The Morgan fingerprint density at radius 1 is 1.58 bits per heavy atom. The van der Waals surface area contributed by atoms with E-state index in [1.165, 1.54) is 19.2 Å². The third-order valence-corrected chi connectivity index (χ3v) is 3.09. The molecule has 0 radical (unpaired) electrons. The van der Waals surface area contributed by atoms with Gasteiger partial charge in [-0.2, -0.15) is 0 Å². The number of hydrogen-bond acceptors (Lipinski definition) is 5. The van der Waals surface area contributed by atoms with E-state index >= 15 is 0 Å². The molecule has 1 aliphatic heterocycles. The summed E-state index contributed by atoms with van der Waals surface area (Å²) >= 11 is 0. The van der Waals surface area contributed by atoms with E-state index in [-0.39, 0.29) is 23.2 Å². The maximum atomic E-state index is 11.0. The number of nitrogens with two attached hydrogens (primary N) is 1. The van der Waals surface area contributed by atoms with Crippen molar-refractivity contribution in [2.24, 2.45) is 0 Å². The molecule has 7 nitrogen and oxygen atoms in total. The van der Waals surface area contributed by atoms with Gasteiger partial charge in [-0.05, 0) is 12.5 Å². The largest absolute Gasteiger partial charge is 0.478 e. The van der Waals surface area contributed by atoms with E-state index < -0.39 is 5.97 Å². The fraction of sp³-hybridized carbons (Fsp3) is 0.417. The molecule has 0 spiro atoms. The molecule has 1 fully saturated rings. The molecule has 102 valence electrons. The van der Waals surface area contributed by atoms with Gasteiger partial charge in [0.2, 0.25) is 5.91 Å². The first kappa shape index (κ1) is 13.1. The Morgan fingerprint density at radius 2 is 2.32 bits per heavy atom. The number of carboxylic acids is 1. The maximum absolute atomic E-state index is 11.0. The van der Waals surface area contributed by atoms with Crippen LogP contribution in [-0.4, -0.2) is 41.1 Å². The van der Waals surface area contributed by atoms with Crippen LogP contribution in [0.4, 0.5) is 11.5 Å². The average molecular weight is 264 g/mol. The van der Waals surface area contributed by atoms with Crippen LogP contribution in [0, 0.1) is 0 Å². The van der Waals surface area contributed by atoms with Gasteiger partial charge < -0.3 is 21.1 Å². The van der Waals surface area contributed by atoms with Crippen molar-refractivity contribution in [2.75, 3.05) is 23.7 Å². The Kier molecular flexibility index (Phi) is 3.55. The molecule has 4 N–H and O–H groups in total. The first-order valence-electron chi connectivity index (χ1n) is 5.99. The predicted molar refractivity (Wildman–Crippen MR) is 70.0 cm³/mol. The SMILES string of the molecule is CC(=O)NC1CCN(c2nccc(C(=O)O)c2N)C1. The predicted octanol–water partition coefficient (Wildman–Crippen LogP) is 0.0768. The molecule has 1 aromatic rings. The van der Waals surface area contributed by atoms with Gasteiger partial charge in [0.05, 0.1) is 11.3 Å². The Hall–Kier alpha value is -2.31. The van der Waals surface area contributed by atoms with Crippen LogP contribution in [-0.2, 0) is 4.79 Å². The van der Waals surface area contributed by atoms with Gasteiger partial charge in [-0.25, -0.2) is 9.78 Å². The summed E-state index contributed by atoms with van der Waals surface area (Å²) in [5, 5.41) is 11.9. The van der Waals surface area contributed by atoms with Crippen LogP contribution >= 0.6 is 0 Å². The number of nitrogens with zero attached hydrogens (tertiary/aromatic N) is 2. The quantitative estimate of drug-likeness (QED) is 0.713. The number of carbonyl (C=O) groups is 2. The van der Waals surface area contributed by atoms with E-state index in [1.807, 2.05) is 4.90 Å². The zero-order chi connectivity index (χ0) is 14.0. The number of rotatable bonds is 3. The molecule has 2 rings (SSSR count). The number of nitrogens with one attached hydrogen (secondary N) is 1. The highest BCUT2D eigenvalue weighted by Gasteiger charge is 2.26. The van der Waals surface area contributed by atoms with Gasteiger partial charge in [-0.1, -0.05) is 0 Å². The zero-order valence-corrected chi connectivity index (χ0v) is 10.6. The number of aromatic nitrogens is 1. The molecule has 0 bridgehead atoms. The van der Waals surface area contributed by atoms with Crippen LogP contribution in [0.5, 0.6) is 0 Å². The Balaban J connectivity index is 2.18. The fourth-order valence-corrected chi connectivity index (χ4v) is 2.26. The van der Waals surface area contributed by atoms with Gasteiger partial charge in [0, 0.05) is 32.3 Å². The normalized spacial score (nSPS) is 18.4. The summed E-state index contributed by atoms with van der Waals surface area (Å²) in [4.78, 5) is 28.1. The molecule has 0 aliphatic carbocycles. The van der Waals surface area contributed by atoms with Crippen molar-refractivity contribution in [2.45, 2.75) is 19.4 Å². The Morgan fingerprint density at radius 3 is 2.95 bits per heavy atom. The standard InChI is InChI=1S/C12H16N4O3/c1-7(17)15-8-3-5-16(6-8)11-10(13)9(12(18)19)2-4-14-11/h2,4,8H,3,5-6,13H2,1H3,(H,15,17)(H,18,19). The van der Waals surface area contributed by atoms with Crippen molar-refractivity contribution in [1.29, 1.82) is 0 Å². The Bertz CT molecular complexity index is 518. The summed E-state index contributed by atoms with van der Waals surface area (Å²) in [6.07, 6.45) is 2.22. The number of amides is 1. The smallest absolute Gasteiger partial charge is 0.337 e. The second-order valence-corrected chi connectivity index (χ2v) is 4.53. The summed E-state index contributed by atoms with van der Waals surface area (Å²) in [5.41, 5.74) is 6.05. The van der Waals surface area contributed by atoms with E-state index in [9.17, 15) is 9.59 Å². The van der Waals surface area contributed by atoms with E-state index in [0.717, 1.165) is 6.42 Å². The highest BCUT2D eigenvalue weighted by Crippen LogP contribution is 2.27. The topological polar surface area (TPSA) is 109 Å². The minimum absolute atomic E-state index is 0.0483. The molecular formula is C12H16N4O3. The molecule has 2 heterocycles. The first-order chi connectivity index (χ1) is 8.99. The lowest BCUT2D eigenvalue weighted by Crippen LogP contribution is -2.35. The second-order valence-electron chi connectivity index (χ2n) is 4.53. The van der Waals surface area contributed by atoms with Gasteiger partial charge in [-0.3, -0.25) is 4.79 Å².